The van der Waals surface area contributed by atoms with Crippen LogP contribution in [0.15, 0.2) is 48.5 Å². The average Bonchev–Trinajstić information content (AvgIpc) is 2.79. The number of hydrogen-bond donors (Lipinski definition) is 1. The smallest absolute Gasteiger partial charge is 0.337 e. The lowest BCUT2D eigenvalue weighted by Crippen LogP contribution is -2.49. The van der Waals surface area contributed by atoms with Crippen LogP contribution in [0.4, 0.5) is 11.4 Å². The van der Waals surface area contributed by atoms with Crippen molar-refractivity contribution in [2.24, 2.45) is 0 Å². The molecular weight excluding hydrogens is 382 g/mol. The summed E-state index contributed by atoms with van der Waals surface area (Å²) in [7, 11) is 1.33. The van der Waals surface area contributed by atoms with Crippen LogP contribution in [0.5, 0.6) is 0 Å². The van der Waals surface area contributed by atoms with Gasteiger partial charge in [0.15, 0.2) is 0 Å². The highest BCUT2D eigenvalue weighted by molar-refractivity contribution is 5.98. The fourth-order valence-electron chi connectivity index (χ4n) is 3.51. The van der Waals surface area contributed by atoms with Gasteiger partial charge in [0.25, 0.3) is 5.91 Å². The summed E-state index contributed by atoms with van der Waals surface area (Å²) in [5.74, 6) is -0.530. The molecule has 0 aliphatic carbocycles. The highest BCUT2D eigenvalue weighted by Crippen LogP contribution is 2.29. The number of nitrogens with zero attached hydrogens (tertiary/aromatic N) is 2. The van der Waals surface area contributed by atoms with Gasteiger partial charge in [-0.1, -0.05) is 25.1 Å². The number of rotatable bonds is 6. The average molecular weight is 409 g/mol. The van der Waals surface area contributed by atoms with Gasteiger partial charge in [-0.05, 0) is 36.8 Å². The van der Waals surface area contributed by atoms with E-state index < -0.39 is 5.97 Å². The van der Waals surface area contributed by atoms with Crippen molar-refractivity contribution in [3.05, 3.63) is 59.7 Å². The summed E-state index contributed by atoms with van der Waals surface area (Å²) < 4.78 is 4.80. The normalized spacial score (nSPS) is 13.7. The largest absolute Gasteiger partial charge is 0.465 e. The number of methoxy groups -OCH3 is 1. The maximum Gasteiger partial charge on any atom is 0.337 e. The third kappa shape index (κ3) is 4.97. The standard InChI is InChI=1S/C23H27N3O4/c1-3-7-21(27)24-19-16-18(23(29)30-2)10-11-20(19)25-12-14-26(15-13-25)22(28)17-8-5-4-6-9-17/h4-6,8-11,16H,3,7,12-15H2,1-2H3,(H,24,27). The van der Waals surface area contributed by atoms with Gasteiger partial charge in [0.2, 0.25) is 5.91 Å². The molecule has 0 atom stereocenters. The number of piperazine rings is 1. The highest BCUT2D eigenvalue weighted by Gasteiger charge is 2.24. The van der Waals surface area contributed by atoms with Crippen LogP contribution < -0.4 is 10.2 Å². The Hall–Kier alpha value is -3.35. The molecule has 2 aromatic rings. The van der Waals surface area contributed by atoms with E-state index >= 15 is 0 Å². The maximum absolute atomic E-state index is 12.7. The molecule has 30 heavy (non-hydrogen) atoms. The van der Waals surface area contributed by atoms with E-state index in [1.807, 2.05) is 48.2 Å². The summed E-state index contributed by atoms with van der Waals surface area (Å²) in [6.07, 6.45) is 1.14. The Kier molecular flexibility index (Phi) is 7.06. The number of amides is 2. The van der Waals surface area contributed by atoms with Gasteiger partial charge in [-0.2, -0.15) is 0 Å². The summed E-state index contributed by atoms with van der Waals surface area (Å²) >= 11 is 0. The van der Waals surface area contributed by atoms with Gasteiger partial charge in [-0.15, -0.1) is 0 Å². The molecule has 7 nitrogen and oxygen atoms in total. The predicted octanol–water partition coefficient (Wildman–Crippen LogP) is 3.17. The number of anilines is 2. The number of esters is 1. The van der Waals surface area contributed by atoms with Crippen molar-refractivity contribution in [2.75, 3.05) is 43.5 Å². The molecule has 158 valence electrons. The van der Waals surface area contributed by atoms with Crippen LogP contribution >= 0.6 is 0 Å². The van der Waals surface area contributed by atoms with Gasteiger partial charge in [-0.3, -0.25) is 9.59 Å². The van der Waals surface area contributed by atoms with Crippen LogP contribution in [-0.4, -0.2) is 56.0 Å². The molecule has 0 radical (unpaired) electrons. The Morgan fingerprint density at radius 3 is 2.30 bits per heavy atom. The summed E-state index contributed by atoms with van der Waals surface area (Å²) in [5, 5.41) is 2.92. The monoisotopic (exact) mass is 409 g/mol. The first-order valence-corrected chi connectivity index (χ1v) is 10.1. The number of ether oxygens (including phenoxy) is 1. The summed E-state index contributed by atoms with van der Waals surface area (Å²) in [5.41, 5.74) is 2.48. The molecule has 7 heteroatoms. The molecule has 3 rings (SSSR count). The molecule has 2 aromatic carbocycles. The van der Waals surface area contributed by atoms with Crippen LogP contribution in [0, 0.1) is 0 Å². The van der Waals surface area contributed by atoms with Crippen molar-refractivity contribution in [1.82, 2.24) is 4.90 Å². The zero-order valence-corrected chi connectivity index (χ0v) is 17.4. The molecule has 1 aliphatic rings. The van der Waals surface area contributed by atoms with E-state index in [4.69, 9.17) is 4.74 Å². The van der Waals surface area contributed by atoms with E-state index in [0.717, 1.165) is 12.1 Å². The number of carbonyl (C=O) groups excluding carboxylic acids is 3. The zero-order chi connectivity index (χ0) is 21.5. The molecule has 0 spiro atoms. The van der Waals surface area contributed by atoms with E-state index in [0.29, 0.717) is 49.4 Å². The molecule has 1 aliphatic heterocycles. The van der Waals surface area contributed by atoms with Gasteiger partial charge in [0.1, 0.15) is 0 Å². The molecule has 2 amide bonds. The van der Waals surface area contributed by atoms with E-state index in [2.05, 4.69) is 10.2 Å². The van der Waals surface area contributed by atoms with Crippen LogP contribution in [0.25, 0.3) is 0 Å². The Labute approximate surface area is 176 Å². The van der Waals surface area contributed by atoms with Crippen LogP contribution in [0.1, 0.15) is 40.5 Å². The number of nitrogens with one attached hydrogen (secondary N) is 1. The van der Waals surface area contributed by atoms with Gasteiger partial charge in [0, 0.05) is 38.2 Å². The topological polar surface area (TPSA) is 79.0 Å². The lowest BCUT2D eigenvalue weighted by Gasteiger charge is -2.37. The first kappa shape index (κ1) is 21.4. The van der Waals surface area contributed by atoms with Crippen LogP contribution in [-0.2, 0) is 9.53 Å². The van der Waals surface area contributed by atoms with E-state index in [1.54, 1.807) is 12.1 Å². The minimum atomic E-state index is -0.453. The van der Waals surface area contributed by atoms with Gasteiger partial charge >= 0.3 is 5.97 Å². The first-order valence-electron chi connectivity index (χ1n) is 10.1. The van der Waals surface area contributed by atoms with E-state index in [1.165, 1.54) is 7.11 Å². The van der Waals surface area contributed by atoms with E-state index in [-0.39, 0.29) is 11.8 Å². The molecule has 0 unspecified atom stereocenters. The summed E-state index contributed by atoms with van der Waals surface area (Å²) in [4.78, 5) is 40.8. The van der Waals surface area contributed by atoms with Gasteiger partial charge < -0.3 is 19.9 Å². The molecule has 0 aromatic heterocycles. The SMILES string of the molecule is CCCC(=O)Nc1cc(C(=O)OC)ccc1N1CCN(C(=O)c2ccccc2)CC1. The predicted molar refractivity (Wildman–Crippen MR) is 116 cm³/mol. The van der Waals surface area contributed by atoms with Crippen molar-refractivity contribution in [2.45, 2.75) is 19.8 Å². The molecular formula is C23H27N3O4. The molecule has 1 N–H and O–H groups in total. The second-order valence-electron chi connectivity index (χ2n) is 7.17. The molecule has 0 saturated carbocycles. The van der Waals surface area contributed by atoms with Crippen LogP contribution in [0.2, 0.25) is 0 Å². The number of hydrogen-bond acceptors (Lipinski definition) is 5. The quantitative estimate of drug-likeness (QED) is 0.742. The Morgan fingerprint density at radius 2 is 1.67 bits per heavy atom. The number of benzene rings is 2. The van der Waals surface area contributed by atoms with Gasteiger partial charge in [0.05, 0.1) is 24.0 Å². The minimum Gasteiger partial charge on any atom is -0.465 e. The second-order valence-corrected chi connectivity index (χ2v) is 7.17. The van der Waals surface area contributed by atoms with E-state index in [9.17, 15) is 14.4 Å². The highest BCUT2D eigenvalue weighted by atomic mass is 16.5. The Morgan fingerprint density at radius 1 is 0.967 bits per heavy atom. The second kappa shape index (κ2) is 9.91. The minimum absolute atomic E-state index is 0.0211. The lowest BCUT2D eigenvalue weighted by atomic mass is 10.1. The maximum atomic E-state index is 12.7. The van der Waals surface area contributed by atoms with Crippen LogP contribution in [0.3, 0.4) is 0 Å². The number of carbonyl (C=O) groups is 3. The first-order chi connectivity index (χ1) is 14.5. The summed E-state index contributed by atoms with van der Waals surface area (Å²) in [6.45, 7) is 4.36. The molecule has 1 heterocycles. The third-order valence-electron chi connectivity index (χ3n) is 5.10. The Bertz CT molecular complexity index is 906. The van der Waals surface area contributed by atoms with Crippen molar-refractivity contribution >= 4 is 29.2 Å². The lowest BCUT2D eigenvalue weighted by molar-refractivity contribution is -0.116. The fraction of sp³-hybridized carbons (Fsp3) is 0.348. The van der Waals surface area contributed by atoms with Crippen molar-refractivity contribution in [3.63, 3.8) is 0 Å². The molecule has 1 fully saturated rings. The third-order valence-corrected chi connectivity index (χ3v) is 5.10. The summed E-state index contributed by atoms with van der Waals surface area (Å²) in [6, 6.07) is 14.4. The van der Waals surface area contributed by atoms with Crippen molar-refractivity contribution < 1.29 is 19.1 Å². The fourth-order valence-corrected chi connectivity index (χ4v) is 3.51. The van der Waals surface area contributed by atoms with Crippen molar-refractivity contribution in [1.29, 1.82) is 0 Å². The molecule has 1 saturated heterocycles. The zero-order valence-electron chi connectivity index (χ0n) is 17.4. The van der Waals surface area contributed by atoms with Crippen molar-refractivity contribution in [3.8, 4) is 0 Å². The Balaban J connectivity index is 1.75. The molecule has 0 bridgehead atoms. The van der Waals surface area contributed by atoms with Gasteiger partial charge in [-0.25, -0.2) is 4.79 Å².